The Morgan fingerprint density at radius 1 is 1.35 bits per heavy atom. The van der Waals surface area contributed by atoms with E-state index < -0.39 is 9.84 Å². The second-order valence-electron chi connectivity index (χ2n) is 4.30. The molecular weight excluding hydrogens is 349 g/mol. The number of sulfone groups is 1. The van der Waals surface area contributed by atoms with Crippen LogP contribution in [0.5, 0.6) is 0 Å². The highest BCUT2D eigenvalue weighted by molar-refractivity contribution is 14.1. The third kappa shape index (κ3) is 4.46. The summed E-state index contributed by atoms with van der Waals surface area (Å²) in [5.41, 5.74) is 2.14. The predicted molar refractivity (Wildman–Crippen MR) is 81.3 cm³/mol. The van der Waals surface area contributed by atoms with Crippen LogP contribution in [-0.4, -0.2) is 26.0 Å². The second-order valence-corrected chi connectivity index (χ2v) is 8.22. The van der Waals surface area contributed by atoms with Crippen molar-refractivity contribution in [2.24, 2.45) is 0 Å². The minimum Gasteiger partial charge on any atom is -0.384 e. The van der Waals surface area contributed by atoms with Gasteiger partial charge >= 0.3 is 0 Å². The van der Waals surface area contributed by atoms with Crippen molar-refractivity contribution in [2.75, 3.05) is 17.6 Å². The largest absolute Gasteiger partial charge is 0.384 e. The van der Waals surface area contributed by atoms with Gasteiger partial charge in [-0.2, -0.15) is 0 Å². The molecule has 17 heavy (non-hydrogen) atoms. The Kier molecular flexibility index (Phi) is 5.24. The van der Waals surface area contributed by atoms with Crippen LogP contribution < -0.4 is 5.32 Å². The molecule has 0 saturated heterocycles. The zero-order valence-corrected chi connectivity index (χ0v) is 13.3. The zero-order chi connectivity index (χ0) is 13.1. The maximum atomic E-state index is 11.6. The van der Waals surface area contributed by atoms with Crippen LogP contribution in [0.1, 0.15) is 19.4 Å². The molecule has 0 aliphatic heterocycles. The molecule has 3 nitrogen and oxygen atoms in total. The lowest BCUT2D eigenvalue weighted by molar-refractivity contribution is 0.588. The maximum Gasteiger partial charge on any atom is 0.154 e. The van der Waals surface area contributed by atoms with Crippen molar-refractivity contribution in [1.82, 2.24) is 0 Å². The molecule has 0 heterocycles. The van der Waals surface area contributed by atoms with Crippen LogP contribution in [0.4, 0.5) is 5.69 Å². The van der Waals surface area contributed by atoms with E-state index in [0.29, 0.717) is 6.54 Å². The summed E-state index contributed by atoms with van der Waals surface area (Å²) >= 11 is 2.24. The topological polar surface area (TPSA) is 46.2 Å². The standard InChI is InChI=1S/C12H18INO2S/c1-9(2)17(15,16)7-6-14-12-8-11(13)5-4-10(12)3/h4-5,8-9,14H,6-7H2,1-3H3. The van der Waals surface area contributed by atoms with Gasteiger partial charge in [0.25, 0.3) is 0 Å². The summed E-state index contributed by atoms with van der Waals surface area (Å²) in [5.74, 6) is 0.176. The summed E-state index contributed by atoms with van der Waals surface area (Å²) < 4.78 is 24.4. The lowest BCUT2D eigenvalue weighted by atomic mass is 10.2. The van der Waals surface area contributed by atoms with Crippen molar-refractivity contribution in [3.05, 3.63) is 27.3 Å². The van der Waals surface area contributed by atoms with E-state index in [1.165, 1.54) is 0 Å². The van der Waals surface area contributed by atoms with Crippen molar-refractivity contribution >= 4 is 38.1 Å². The van der Waals surface area contributed by atoms with Gasteiger partial charge in [-0.05, 0) is 61.1 Å². The van der Waals surface area contributed by atoms with Gasteiger partial charge in [-0.1, -0.05) is 6.07 Å². The molecule has 0 aliphatic carbocycles. The highest BCUT2D eigenvalue weighted by Crippen LogP contribution is 2.17. The zero-order valence-electron chi connectivity index (χ0n) is 10.3. The van der Waals surface area contributed by atoms with Gasteiger partial charge in [-0.15, -0.1) is 0 Å². The van der Waals surface area contributed by atoms with E-state index in [4.69, 9.17) is 0 Å². The molecule has 0 radical (unpaired) electrons. The molecule has 0 bridgehead atoms. The second kappa shape index (κ2) is 6.04. The van der Waals surface area contributed by atoms with E-state index in [1.54, 1.807) is 13.8 Å². The fourth-order valence-electron chi connectivity index (χ4n) is 1.35. The molecule has 1 N–H and O–H groups in total. The molecule has 1 aromatic carbocycles. The average Bonchev–Trinajstić information content (AvgIpc) is 2.22. The fourth-order valence-corrected chi connectivity index (χ4v) is 2.70. The molecule has 5 heteroatoms. The molecule has 0 saturated carbocycles. The molecule has 1 aromatic rings. The van der Waals surface area contributed by atoms with E-state index in [1.807, 2.05) is 25.1 Å². The van der Waals surface area contributed by atoms with Gasteiger partial charge in [-0.3, -0.25) is 0 Å². The highest BCUT2D eigenvalue weighted by Gasteiger charge is 2.15. The number of benzene rings is 1. The van der Waals surface area contributed by atoms with Crippen LogP contribution in [0.2, 0.25) is 0 Å². The predicted octanol–water partition coefficient (Wildman–Crippen LogP) is 2.83. The van der Waals surface area contributed by atoms with Gasteiger partial charge in [0.2, 0.25) is 0 Å². The molecule has 1 rings (SSSR count). The highest BCUT2D eigenvalue weighted by atomic mass is 127. The van der Waals surface area contributed by atoms with Crippen LogP contribution in [-0.2, 0) is 9.84 Å². The summed E-state index contributed by atoms with van der Waals surface area (Å²) in [5, 5.41) is 2.88. The number of hydrogen-bond acceptors (Lipinski definition) is 3. The number of hydrogen-bond donors (Lipinski definition) is 1. The lowest BCUT2D eigenvalue weighted by Crippen LogP contribution is -2.23. The molecule has 96 valence electrons. The van der Waals surface area contributed by atoms with Crippen molar-refractivity contribution < 1.29 is 8.42 Å². The quantitative estimate of drug-likeness (QED) is 0.815. The summed E-state index contributed by atoms with van der Waals surface area (Å²) in [4.78, 5) is 0. The van der Waals surface area contributed by atoms with Gasteiger partial charge in [0.1, 0.15) is 0 Å². The van der Waals surface area contributed by atoms with Gasteiger partial charge in [0.15, 0.2) is 9.84 Å². The molecule has 0 fully saturated rings. The smallest absolute Gasteiger partial charge is 0.154 e. The third-order valence-corrected chi connectivity index (χ3v) is 5.50. The minimum atomic E-state index is -2.96. The number of rotatable bonds is 5. The van der Waals surface area contributed by atoms with Gasteiger partial charge in [-0.25, -0.2) is 8.42 Å². The first-order chi connectivity index (χ1) is 7.83. The van der Waals surface area contributed by atoms with Gasteiger partial charge in [0, 0.05) is 15.8 Å². The van der Waals surface area contributed by atoms with Crippen molar-refractivity contribution in [3.63, 3.8) is 0 Å². The van der Waals surface area contributed by atoms with E-state index in [9.17, 15) is 8.42 Å². The SMILES string of the molecule is Cc1ccc(I)cc1NCCS(=O)(=O)C(C)C. The molecule has 0 aromatic heterocycles. The number of halogens is 1. The van der Waals surface area contributed by atoms with Crippen LogP contribution in [0, 0.1) is 10.5 Å². The normalized spacial score (nSPS) is 11.8. The van der Waals surface area contributed by atoms with Crippen molar-refractivity contribution in [2.45, 2.75) is 26.0 Å². The average molecular weight is 367 g/mol. The van der Waals surface area contributed by atoms with Crippen LogP contribution >= 0.6 is 22.6 Å². The molecule has 0 atom stereocenters. The Morgan fingerprint density at radius 3 is 2.59 bits per heavy atom. The third-order valence-electron chi connectivity index (χ3n) is 2.62. The lowest BCUT2D eigenvalue weighted by Gasteiger charge is -2.11. The Labute approximate surface area is 117 Å². The van der Waals surface area contributed by atoms with Crippen LogP contribution in [0.25, 0.3) is 0 Å². The fraction of sp³-hybridized carbons (Fsp3) is 0.500. The maximum absolute atomic E-state index is 11.6. The Bertz CT molecular complexity index is 483. The summed E-state index contributed by atoms with van der Waals surface area (Å²) in [6, 6.07) is 6.09. The minimum absolute atomic E-state index is 0.176. The molecule has 0 unspecified atom stereocenters. The first-order valence-electron chi connectivity index (χ1n) is 5.54. The monoisotopic (exact) mass is 367 g/mol. The van der Waals surface area contributed by atoms with Gasteiger partial charge in [0.05, 0.1) is 11.0 Å². The number of anilines is 1. The summed E-state index contributed by atoms with van der Waals surface area (Å²) in [7, 11) is -2.96. The molecule has 0 spiro atoms. The van der Waals surface area contributed by atoms with Crippen molar-refractivity contribution in [3.8, 4) is 0 Å². The van der Waals surface area contributed by atoms with E-state index in [-0.39, 0.29) is 11.0 Å². The summed E-state index contributed by atoms with van der Waals surface area (Å²) in [6.45, 7) is 5.90. The van der Waals surface area contributed by atoms with E-state index >= 15 is 0 Å². The first kappa shape index (κ1) is 14.8. The summed E-state index contributed by atoms with van der Waals surface area (Å²) in [6.07, 6.45) is 0. The van der Waals surface area contributed by atoms with Gasteiger partial charge < -0.3 is 5.32 Å². The Morgan fingerprint density at radius 2 is 2.00 bits per heavy atom. The Balaban J connectivity index is 2.60. The first-order valence-corrected chi connectivity index (χ1v) is 8.34. The number of nitrogens with one attached hydrogen (secondary N) is 1. The number of aryl methyl sites for hydroxylation is 1. The van der Waals surface area contributed by atoms with Crippen LogP contribution in [0.3, 0.4) is 0 Å². The van der Waals surface area contributed by atoms with Crippen molar-refractivity contribution in [1.29, 1.82) is 0 Å². The van der Waals surface area contributed by atoms with E-state index in [2.05, 4.69) is 27.9 Å². The van der Waals surface area contributed by atoms with E-state index in [0.717, 1.165) is 14.8 Å². The molecular formula is C12H18INO2S. The molecule has 0 aliphatic rings. The molecule has 0 amide bonds. The Hall–Kier alpha value is -0.300. The van der Waals surface area contributed by atoms with Crippen LogP contribution in [0.15, 0.2) is 18.2 Å².